The summed E-state index contributed by atoms with van der Waals surface area (Å²) in [5, 5.41) is 0.519. The zero-order chi connectivity index (χ0) is 14.2. The molecule has 0 aliphatic carbocycles. The lowest BCUT2D eigenvalue weighted by Crippen LogP contribution is -2.00. The molecule has 2 aromatic carbocycles. The topological polar surface area (TPSA) is 0 Å². The molecule has 0 saturated carbocycles. The Morgan fingerprint density at radius 1 is 1.00 bits per heavy atom. The summed E-state index contributed by atoms with van der Waals surface area (Å²) in [5.41, 5.74) is 0.687. The smallest absolute Gasteiger partial charge is 0.161 e. The summed E-state index contributed by atoms with van der Waals surface area (Å²) in [4.78, 5) is -0.600. The number of halogens is 6. The van der Waals surface area contributed by atoms with Crippen LogP contribution in [0.2, 0.25) is 5.02 Å². The van der Waals surface area contributed by atoms with Gasteiger partial charge >= 0.3 is 0 Å². The van der Waals surface area contributed by atoms with Crippen molar-refractivity contribution in [1.82, 2.24) is 0 Å². The molecule has 0 aromatic heterocycles. The van der Waals surface area contributed by atoms with E-state index in [0.717, 1.165) is 9.64 Å². The average Bonchev–Trinajstić information content (AvgIpc) is 2.36. The van der Waals surface area contributed by atoms with E-state index < -0.39 is 22.3 Å². The Hall–Kier alpha value is -0.270. The maximum atomic E-state index is 13.7. The molecule has 0 saturated heterocycles. The van der Waals surface area contributed by atoms with Gasteiger partial charge in [-0.15, -0.1) is 0 Å². The Balaban J connectivity index is 2.46. The first-order chi connectivity index (χ1) is 8.90. The van der Waals surface area contributed by atoms with Crippen LogP contribution in [0.4, 0.5) is 13.2 Å². The molecule has 0 heterocycles. The lowest BCUT2D eigenvalue weighted by Gasteiger charge is -2.13. The van der Waals surface area contributed by atoms with Crippen LogP contribution in [0.15, 0.2) is 30.3 Å². The summed E-state index contributed by atoms with van der Waals surface area (Å²) < 4.78 is 40.6. The Labute approximate surface area is 135 Å². The van der Waals surface area contributed by atoms with Gasteiger partial charge in [-0.3, -0.25) is 0 Å². The average molecular weight is 461 g/mol. The predicted molar refractivity (Wildman–Crippen MR) is 81.3 cm³/mol. The zero-order valence-corrected chi connectivity index (χ0v) is 13.7. The van der Waals surface area contributed by atoms with Gasteiger partial charge < -0.3 is 0 Å². The third-order valence-electron chi connectivity index (χ3n) is 2.55. The van der Waals surface area contributed by atoms with Crippen LogP contribution in [0.1, 0.15) is 16.0 Å². The van der Waals surface area contributed by atoms with Gasteiger partial charge in [-0.05, 0) is 46.4 Å². The maximum absolute atomic E-state index is 13.7. The first-order valence-corrected chi connectivity index (χ1v) is 7.51. The van der Waals surface area contributed by atoms with Crippen LogP contribution in [-0.4, -0.2) is 0 Å². The Morgan fingerprint density at radius 2 is 1.63 bits per heavy atom. The summed E-state index contributed by atoms with van der Waals surface area (Å²) in [5.74, 6) is -3.10. The molecule has 0 aliphatic heterocycles. The van der Waals surface area contributed by atoms with E-state index >= 15 is 0 Å². The monoisotopic (exact) mass is 460 g/mol. The van der Waals surface area contributed by atoms with E-state index in [1.165, 1.54) is 0 Å². The number of hydrogen-bond donors (Lipinski definition) is 0. The molecule has 0 nitrogen and oxygen atoms in total. The van der Waals surface area contributed by atoms with Crippen LogP contribution in [0, 0.1) is 21.0 Å². The van der Waals surface area contributed by atoms with Crippen molar-refractivity contribution in [3.05, 3.63) is 67.5 Å². The summed E-state index contributed by atoms with van der Waals surface area (Å²) in [6.45, 7) is 0. The van der Waals surface area contributed by atoms with E-state index in [4.69, 9.17) is 11.6 Å². The summed E-state index contributed by atoms with van der Waals surface area (Å²) in [7, 11) is 0. The largest absolute Gasteiger partial charge is 0.207 e. The Kier molecular flexibility index (Phi) is 4.79. The quantitative estimate of drug-likeness (QED) is 0.299. The molecule has 2 aromatic rings. The number of rotatable bonds is 2. The second kappa shape index (κ2) is 6.01. The molecule has 100 valence electrons. The van der Waals surface area contributed by atoms with Gasteiger partial charge in [0, 0.05) is 15.2 Å². The van der Waals surface area contributed by atoms with Gasteiger partial charge in [0.05, 0.1) is 9.85 Å². The standard InChI is InChI=1S/C13H6BrClF3I/c14-13(6-1-2-12(19)8(15)3-6)7-4-10(17)11(18)5-9(7)16/h1-5,13H. The van der Waals surface area contributed by atoms with Crippen LogP contribution in [0.25, 0.3) is 0 Å². The molecule has 1 unspecified atom stereocenters. The fourth-order valence-electron chi connectivity index (χ4n) is 1.58. The molecular formula is C13H6BrClF3I. The fraction of sp³-hybridized carbons (Fsp3) is 0.0769. The van der Waals surface area contributed by atoms with E-state index in [1.807, 2.05) is 0 Å². The van der Waals surface area contributed by atoms with E-state index in [9.17, 15) is 13.2 Å². The summed E-state index contributed by atoms with van der Waals surface area (Å²) in [6.07, 6.45) is 0. The molecule has 0 aliphatic rings. The summed E-state index contributed by atoms with van der Waals surface area (Å²) in [6, 6.07) is 6.55. The molecule has 0 amide bonds. The van der Waals surface area contributed by atoms with Crippen molar-refractivity contribution in [2.75, 3.05) is 0 Å². The highest BCUT2D eigenvalue weighted by atomic mass is 127. The molecule has 0 bridgehead atoms. The van der Waals surface area contributed by atoms with E-state index in [0.29, 0.717) is 16.7 Å². The van der Waals surface area contributed by atoms with Crippen LogP contribution < -0.4 is 0 Å². The van der Waals surface area contributed by atoms with Crippen LogP contribution >= 0.6 is 50.1 Å². The minimum Gasteiger partial charge on any atom is -0.207 e. The van der Waals surface area contributed by atoms with Crippen molar-refractivity contribution in [3.63, 3.8) is 0 Å². The first-order valence-electron chi connectivity index (χ1n) is 5.13. The van der Waals surface area contributed by atoms with Gasteiger partial charge in [0.2, 0.25) is 0 Å². The minimum absolute atomic E-state index is 0.0242. The molecule has 19 heavy (non-hydrogen) atoms. The second-order valence-corrected chi connectivity index (χ2v) is 6.31. The number of benzene rings is 2. The highest BCUT2D eigenvalue weighted by molar-refractivity contribution is 14.1. The van der Waals surface area contributed by atoms with Gasteiger partial charge in [-0.25, -0.2) is 13.2 Å². The molecule has 6 heteroatoms. The van der Waals surface area contributed by atoms with Gasteiger partial charge in [0.1, 0.15) is 5.82 Å². The SMILES string of the molecule is Fc1cc(F)c(C(Br)c2ccc(I)c(Cl)c2)cc1F. The van der Waals surface area contributed by atoms with Crippen molar-refractivity contribution >= 4 is 50.1 Å². The molecule has 2 rings (SSSR count). The molecule has 1 atom stereocenters. The lowest BCUT2D eigenvalue weighted by molar-refractivity contribution is 0.491. The fourth-order valence-corrected chi connectivity index (χ4v) is 2.74. The highest BCUT2D eigenvalue weighted by Gasteiger charge is 2.18. The van der Waals surface area contributed by atoms with Crippen molar-refractivity contribution in [3.8, 4) is 0 Å². The van der Waals surface area contributed by atoms with Crippen molar-refractivity contribution in [2.24, 2.45) is 0 Å². The van der Waals surface area contributed by atoms with Gasteiger partial charge in [-0.1, -0.05) is 33.6 Å². The summed E-state index contributed by atoms with van der Waals surface area (Å²) >= 11 is 11.3. The molecule has 0 spiro atoms. The highest BCUT2D eigenvalue weighted by Crippen LogP contribution is 2.35. The molecule has 0 radical (unpaired) electrons. The first kappa shape index (κ1) is 15.1. The van der Waals surface area contributed by atoms with Crippen LogP contribution in [-0.2, 0) is 0 Å². The van der Waals surface area contributed by atoms with E-state index in [-0.39, 0.29) is 5.56 Å². The maximum Gasteiger partial charge on any atom is 0.161 e. The van der Waals surface area contributed by atoms with Crippen LogP contribution in [0.3, 0.4) is 0 Å². The van der Waals surface area contributed by atoms with Crippen molar-refractivity contribution < 1.29 is 13.2 Å². The zero-order valence-electron chi connectivity index (χ0n) is 9.23. The van der Waals surface area contributed by atoms with Gasteiger partial charge in [0.15, 0.2) is 11.6 Å². The normalized spacial score (nSPS) is 12.5. The van der Waals surface area contributed by atoms with Gasteiger partial charge in [0.25, 0.3) is 0 Å². The number of alkyl halides is 1. The van der Waals surface area contributed by atoms with Crippen molar-refractivity contribution in [2.45, 2.75) is 4.83 Å². The van der Waals surface area contributed by atoms with E-state index in [2.05, 4.69) is 38.5 Å². The lowest BCUT2D eigenvalue weighted by atomic mass is 10.0. The van der Waals surface area contributed by atoms with Gasteiger partial charge in [-0.2, -0.15) is 0 Å². The molecular weight excluding hydrogens is 455 g/mol. The Morgan fingerprint density at radius 3 is 2.26 bits per heavy atom. The Bertz CT molecular complexity index is 634. The third-order valence-corrected chi connectivity index (χ3v) is 5.14. The van der Waals surface area contributed by atoms with Crippen molar-refractivity contribution in [1.29, 1.82) is 0 Å². The third kappa shape index (κ3) is 3.25. The molecule has 0 fully saturated rings. The molecule has 0 N–H and O–H groups in total. The second-order valence-electron chi connectivity index (χ2n) is 3.82. The van der Waals surface area contributed by atoms with Crippen LogP contribution in [0.5, 0.6) is 0 Å². The number of hydrogen-bond acceptors (Lipinski definition) is 0. The predicted octanol–water partition coefficient (Wildman–Crippen LogP) is 5.85. The minimum atomic E-state index is -1.21. The van der Waals surface area contributed by atoms with E-state index in [1.54, 1.807) is 18.2 Å².